The molecule has 2 rings (SSSR count). The first kappa shape index (κ1) is 14.9. The molecule has 0 unspecified atom stereocenters. The van der Waals surface area contributed by atoms with Gasteiger partial charge in [0.2, 0.25) is 10.0 Å². The van der Waals surface area contributed by atoms with Crippen molar-refractivity contribution in [2.75, 3.05) is 5.73 Å². The maximum atomic E-state index is 11.5. The lowest BCUT2D eigenvalue weighted by Crippen LogP contribution is -2.13. The molecule has 0 heterocycles. The van der Waals surface area contributed by atoms with Crippen LogP contribution in [0.3, 0.4) is 0 Å². The smallest absolute Gasteiger partial charge is 0.241 e. The lowest BCUT2D eigenvalue weighted by Gasteiger charge is -2.12. The Morgan fingerprint density at radius 1 is 1.05 bits per heavy atom. The third-order valence-corrected chi connectivity index (χ3v) is 4.14. The zero-order chi connectivity index (χ0) is 14.9. The van der Waals surface area contributed by atoms with E-state index in [0.29, 0.717) is 0 Å². The first-order valence-corrected chi connectivity index (χ1v) is 7.63. The second-order valence-electron chi connectivity index (χ2n) is 3.91. The van der Waals surface area contributed by atoms with Crippen LogP contribution in [0.15, 0.2) is 41.3 Å². The van der Waals surface area contributed by atoms with Gasteiger partial charge in [-0.15, -0.1) is 0 Å². The van der Waals surface area contributed by atoms with E-state index >= 15 is 0 Å². The topological polar surface area (TPSA) is 95.4 Å². The van der Waals surface area contributed by atoms with Crippen LogP contribution < -0.4 is 15.6 Å². The van der Waals surface area contributed by atoms with Crippen molar-refractivity contribution in [3.05, 3.63) is 46.4 Å². The summed E-state index contributed by atoms with van der Waals surface area (Å²) in [5.74, 6) is 0.236. The molecule has 0 bridgehead atoms. The van der Waals surface area contributed by atoms with Gasteiger partial charge in [0, 0.05) is 5.69 Å². The van der Waals surface area contributed by atoms with Crippen molar-refractivity contribution < 1.29 is 13.2 Å². The van der Waals surface area contributed by atoms with Crippen molar-refractivity contribution in [2.24, 2.45) is 5.14 Å². The molecular formula is C12H10Cl2N2O3S. The van der Waals surface area contributed by atoms with Crippen LogP contribution in [0.1, 0.15) is 0 Å². The Hall–Kier alpha value is -1.47. The second-order valence-corrected chi connectivity index (χ2v) is 6.22. The van der Waals surface area contributed by atoms with Gasteiger partial charge in [0.15, 0.2) is 0 Å². The van der Waals surface area contributed by atoms with Crippen LogP contribution in [0.2, 0.25) is 10.0 Å². The predicted molar refractivity (Wildman–Crippen MR) is 78.8 cm³/mol. The van der Waals surface area contributed by atoms with Gasteiger partial charge < -0.3 is 10.5 Å². The molecule has 0 aromatic heterocycles. The Balaban J connectivity index is 2.52. The molecule has 4 N–H and O–H groups in total. The summed E-state index contributed by atoms with van der Waals surface area (Å²) in [6, 6.07) is 8.85. The van der Waals surface area contributed by atoms with Crippen LogP contribution >= 0.6 is 23.2 Å². The highest BCUT2D eigenvalue weighted by Gasteiger charge is 2.17. The number of nitrogens with two attached hydrogens (primary N) is 2. The molecule has 0 fully saturated rings. The van der Waals surface area contributed by atoms with Gasteiger partial charge in [-0.1, -0.05) is 29.3 Å². The summed E-state index contributed by atoms with van der Waals surface area (Å²) in [5, 5.41) is 5.59. The first-order valence-electron chi connectivity index (χ1n) is 5.33. The first-order chi connectivity index (χ1) is 9.29. The fourth-order valence-corrected chi connectivity index (χ4v) is 2.53. The summed E-state index contributed by atoms with van der Waals surface area (Å²) in [6.45, 7) is 0. The van der Waals surface area contributed by atoms with Crippen molar-refractivity contribution in [3.63, 3.8) is 0 Å². The van der Waals surface area contributed by atoms with Gasteiger partial charge in [0.1, 0.15) is 21.4 Å². The highest BCUT2D eigenvalue weighted by atomic mass is 35.5. The minimum Gasteiger partial charge on any atom is -0.454 e. The number of anilines is 1. The lowest BCUT2D eigenvalue weighted by atomic mass is 10.3. The quantitative estimate of drug-likeness (QED) is 0.844. The molecule has 0 aliphatic heterocycles. The summed E-state index contributed by atoms with van der Waals surface area (Å²) in [7, 11) is -3.98. The van der Waals surface area contributed by atoms with Gasteiger partial charge in [0.25, 0.3) is 0 Å². The van der Waals surface area contributed by atoms with Crippen LogP contribution in [0.25, 0.3) is 0 Å². The van der Waals surface area contributed by atoms with Gasteiger partial charge in [0.05, 0.1) is 5.02 Å². The number of sulfonamides is 1. The molecule has 0 saturated carbocycles. The number of hydrogen-bond acceptors (Lipinski definition) is 4. The summed E-state index contributed by atoms with van der Waals surface area (Å²) in [5.41, 5.74) is 5.80. The SMILES string of the molecule is Nc1ccc(Oc2cccc(Cl)c2Cl)c(S(N)(=O)=O)c1. The molecule has 0 atom stereocenters. The maximum absolute atomic E-state index is 11.5. The lowest BCUT2D eigenvalue weighted by molar-refractivity contribution is 0.468. The summed E-state index contributed by atoms with van der Waals surface area (Å²) in [4.78, 5) is -0.228. The van der Waals surface area contributed by atoms with E-state index in [1.54, 1.807) is 18.2 Å². The van der Waals surface area contributed by atoms with Crippen LogP contribution in [-0.2, 0) is 10.0 Å². The van der Waals surface area contributed by atoms with E-state index in [4.69, 9.17) is 38.8 Å². The Kier molecular flexibility index (Phi) is 4.10. The number of benzene rings is 2. The minimum atomic E-state index is -3.98. The van der Waals surface area contributed by atoms with E-state index in [0.717, 1.165) is 0 Å². The molecular weight excluding hydrogens is 323 g/mol. The average molecular weight is 333 g/mol. The van der Waals surface area contributed by atoms with E-state index < -0.39 is 10.0 Å². The van der Waals surface area contributed by atoms with Crippen molar-refractivity contribution in [1.82, 2.24) is 0 Å². The van der Waals surface area contributed by atoms with Gasteiger partial charge in [-0.3, -0.25) is 0 Å². The summed E-state index contributed by atoms with van der Waals surface area (Å²) < 4.78 is 28.5. The molecule has 0 aliphatic carbocycles. The third-order valence-electron chi connectivity index (χ3n) is 2.41. The van der Waals surface area contributed by atoms with E-state index in [9.17, 15) is 8.42 Å². The molecule has 0 saturated heterocycles. The largest absolute Gasteiger partial charge is 0.454 e. The number of rotatable bonds is 3. The number of primary sulfonamides is 1. The molecule has 2 aromatic rings. The van der Waals surface area contributed by atoms with Crippen LogP contribution in [0.5, 0.6) is 11.5 Å². The molecule has 0 spiro atoms. The standard InChI is InChI=1S/C12H10Cl2N2O3S/c13-8-2-1-3-10(12(8)14)19-9-5-4-7(15)6-11(9)20(16,17)18/h1-6H,15H2,(H2,16,17,18). The molecule has 5 nitrogen and oxygen atoms in total. The van der Waals surface area contributed by atoms with Crippen molar-refractivity contribution in [2.45, 2.75) is 4.90 Å². The van der Waals surface area contributed by atoms with E-state index in [1.807, 2.05) is 0 Å². The zero-order valence-electron chi connectivity index (χ0n) is 10.0. The predicted octanol–water partition coefficient (Wildman–Crippen LogP) is 3.02. The van der Waals surface area contributed by atoms with Gasteiger partial charge >= 0.3 is 0 Å². The Morgan fingerprint density at radius 3 is 2.40 bits per heavy atom. The Labute approximate surface area is 126 Å². The minimum absolute atomic E-state index is 0.0193. The molecule has 106 valence electrons. The fourth-order valence-electron chi connectivity index (χ4n) is 1.51. The molecule has 0 aliphatic rings. The normalized spacial score (nSPS) is 11.3. The molecule has 20 heavy (non-hydrogen) atoms. The van der Waals surface area contributed by atoms with E-state index in [2.05, 4.69) is 0 Å². The van der Waals surface area contributed by atoms with Crippen LogP contribution in [0.4, 0.5) is 5.69 Å². The third kappa shape index (κ3) is 3.16. The van der Waals surface area contributed by atoms with Gasteiger partial charge in [-0.25, -0.2) is 13.6 Å². The second kappa shape index (κ2) is 5.49. The maximum Gasteiger partial charge on any atom is 0.241 e. The van der Waals surface area contributed by atoms with E-state index in [-0.39, 0.29) is 32.1 Å². The fraction of sp³-hybridized carbons (Fsp3) is 0. The van der Waals surface area contributed by atoms with Crippen molar-refractivity contribution >= 4 is 38.9 Å². The number of nitrogen functional groups attached to an aromatic ring is 1. The molecule has 0 radical (unpaired) electrons. The zero-order valence-corrected chi connectivity index (χ0v) is 12.3. The monoisotopic (exact) mass is 332 g/mol. The number of ether oxygens (including phenoxy) is 1. The van der Waals surface area contributed by atoms with Crippen LogP contribution in [0, 0.1) is 0 Å². The number of hydrogen-bond donors (Lipinski definition) is 2. The molecule has 2 aromatic carbocycles. The van der Waals surface area contributed by atoms with Gasteiger partial charge in [-0.2, -0.15) is 0 Å². The molecule has 8 heteroatoms. The van der Waals surface area contributed by atoms with Crippen molar-refractivity contribution in [3.8, 4) is 11.5 Å². The number of halogens is 2. The van der Waals surface area contributed by atoms with Gasteiger partial charge in [-0.05, 0) is 30.3 Å². The highest BCUT2D eigenvalue weighted by Crippen LogP contribution is 2.37. The van der Waals surface area contributed by atoms with Crippen molar-refractivity contribution in [1.29, 1.82) is 0 Å². The van der Waals surface area contributed by atoms with Crippen LogP contribution in [-0.4, -0.2) is 8.42 Å². The van der Waals surface area contributed by atoms with E-state index in [1.165, 1.54) is 18.2 Å². The average Bonchev–Trinajstić information content (AvgIpc) is 2.36. The summed E-state index contributed by atoms with van der Waals surface area (Å²) in [6.07, 6.45) is 0. The Morgan fingerprint density at radius 2 is 1.75 bits per heavy atom. The summed E-state index contributed by atoms with van der Waals surface area (Å²) >= 11 is 11.8. The Bertz CT molecular complexity index is 763. The molecule has 0 amide bonds. The highest BCUT2D eigenvalue weighted by molar-refractivity contribution is 7.89.